The Bertz CT molecular complexity index is 195. The van der Waals surface area contributed by atoms with Gasteiger partial charge in [0.15, 0.2) is 0 Å². The standard InChI is InChI=1S/C6H12N2O5/c1-3(13-7)5(6(11)12)8-2-4(9)10/h3,5,8H,2,7H2,1H3,(H,9,10)(H,11,12). The van der Waals surface area contributed by atoms with Crippen LogP contribution in [0.15, 0.2) is 0 Å². The molecule has 0 aromatic carbocycles. The van der Waals surface area contributed by atoms with Crippen molar-refractivity contribution < 1.29 is 24.6 Å². The van der Waals surface area contributed by atoms with Crippen LogP contribution in [0.25, 0.3) is 0 Å². The zero-order valence-corrected chi connectivity index (χ0v) is 7.06. The summed E-state index contributed by atoms with van der Waals surface area (Å²) < 4.78 is 0. The summed E-state index contributed by atoms with van der Waals surface area (Å²) in [7, 11) is 0. The number of carbonyl (C=O) groups is 2. The maximum Gasteiger partial charge on any atom is 0.323 e. The van der Waals surface area contributed by atoms with Crippen molar-refractivity contribution in [2.75, 3.05) is 6.54 Å². The van der Waals surface area contributed by atoms with Crippen LogP contribution in [-0.2, 0) is 14.4 Å². The third kappa shape index (κ3) is 4.41. The molecule has 0 fully saturated rings. The van der Waals surface area contributed by atoms with E-state index in [-0.39, 0.29) is 0 Å². The average Bonchev–Trinajstić information content (AvgIpc) is 2.03. The molecule has 0 aliphatic carbocycles. The van der Waals surface area contributed by atoms with Crippen molar-refractivity contribution in [3.8, 4) is 0 Å². The van der Waals surface area contributed by atoms with E-state index in [0.29, 0.717) is 0 Å². The molecule has 0 saturated heterocycles. The second-order valence-corrected chi connectivity index (χ2v) is 2.43. The molecule has 0 heterocycles. The predicted octanol–water partition coefficient (Wildman–Crippen LogP) is -1.61. The number of rotatable bonds is 6. The van der Waals surface area contributed by atoms with Gasteiger partial charge in [-0.15, -0.1) is 0 Å². The van der Waals surface area contributed by atoms with Crippen LogP contribution in [0.1, 0.15) is 6.92 Å². The van der Waals surface area contributed by atoms with E-state index >= 15 is 0 Å². The van der Waals surface area contributed by atoms with Gasteiger partial charge in [-0.05, 0) is 6.92 Å². The van der Waals surface area contributed by atoms with Crippen LogP contribution < -0.4 is 11.2 Å². The fourth-order valence-electron chi connectivity index (χ4n) is 0.730. The minimum absolute atomic E-state index is 0.454. The third-order valence-electron chi connectivity index (χ3n) is 1.42. The Hall–Kier alpha value is -1.18. The van der Waals surface area contributed by atoms with E-state index in [1.54, 1.807) is 0 Å². The summed E-state index contributed by atoms with van der Waals surface area (Å²) in [5, 5.41) is 19.1. The lowest BCUT2D eigenvalue weighted by atomic mass is 10.2. The molecule has 0 aromatic rings. The maximum atomic E-state index is 10.5. The first-order valence-corrected chi connectivity index (χ1v) is 3.52. The first-order valence-electron chi connectivity index (χ1n) is 3.52. The van der Waals surface area contributed by atoms with Crippen molar-refractivity contribution in [1.29, 1.82) is 0 Å². The Morgan fingerprint density at radius 3 is 2.38 bits per heavy atom. The molecule has 0 aromatic heterocycles. The fraction of sp³-hybridized carbons (Fsp3) is 0.667. The van der Waals surface area contributed by atoms with Gasteiger partial charge in [0.05, 0.1) is 6.54 Å². The van der Waals surface area contributed by atoms with Gasteiger partial charge >= 0.3 is 11.9 Å². The molecule has 7 heteroatoms. The Balaban J connectivity index is 4.10. The summed E-state index contributed by atoms with van der Waals surface area (Å²) in [5.41, 5.74) is 0. The largest absolute Gasteiger partial charge is 0.480 e. The van der Waals surface area contributed by atoms with E-state index in [0.717, 1.165) is 0 Å². The highest BCUT2D eigenvalue weighted by Crippen LogP contribution is 1.95. The number of nitrogens with one attached hydrogen (secondary N) is 1. The highest BCUT2D eigenvalue weighted by Gasteiger charge is 2.25. The molecular weight excluding hydrogens is 180 g/mol. The molecule has 0 amide bonds. The lowest BCUT2D eigenvalue weighted by Crippen LogP contribution is -2.48. The lowest BCUT2D eigenvalue weighted by molar-refractivity contribution is -0.144. The number of hydrogen-bond acceptors (Lipinski definition) is 5. The van der Waals surface area contributed by atoms with Gasteiger partial charge < -0.3 is 10.2 Å². The van der Waals surface area contributed by atoms with E-state index in [1.807, 2.05) is 0 Å². The third-order valence-corrected chi connectivity index (χ3v) is 1.42. The molecule has 0 rings (SSSR count). The van der Waals surface area contributed by atoms with Gasteiger partial charge in [0.25, 0.3) is 0 Å². The smallest absolute Gasteiger partial charge is 0.323 e. The Morgan fingerprint density at radius 1 is 1.54 bits per heavy atom. The van der Waals surface area contributed by atoms with Crippen molar-refractivity contribution in [3.05, 3.63) is 0 Å². The zero-order chi connectivity index (χ0) is 10.4. The molecule has 2 atom stereocenters. The second kappa shape index (κ2) is 5.46. The Kier molecular flexibility index (Phi) is 4.97. The second-order valence-electron chi connectivity index (χ2n) is 2.43. The van der Waals surface area contributed by atoms with E-state index in [9.17, 15) is 9.59 Å². The van der Waals surface area contributed by atoms with Crippen LogP contribution in [0.4, 0.5) is 0 Å². The minimum atomic E-state index is -1.21. The average molecular weight is 192 g/mol. The molecule has 0 bridgehead atoms. The minimum Gasteiger partial charge on any atom is -0.480 e. The van der Waals surface area contributed by atoms with Crippen LogP contribution in [0.5, 0.6) is 0 Å². The lowest BCUT2D eigenvalue weighted by Gasteiger charge is -2.18. The SMILES string of the molecule is CC(ON)C(NCC(=O)O)C(=O)O. The molecule has 7 nitrogen and oxygen atoms in total. The summed E-state index contributed by atoms with van der Waals surface area (Å²) in [6, 6.07) is -1.12. The van der Waals surface area contributed by atoms with E-state index in [4.69, 9.17) is 16.1 Å². The molecule has 0 saturated carbocycles. The van der Waals surface area contributed by atoms with Crippen LogP contribution in [0, 0.1) is 0 Å². The molecule has 0 aliphatic rings. The van der Waals surface area contributed by atoms with Crippen molar-refractivity contribution >= 4 is 11.9 Å². The highest BCUT2D eigenvalue weighted by atomic mass is 16.6. The molecule has 5 N–H and O–H groups in total. The summed E-state index contributed by atoms with van der Waals surface area (Å²) >= 11 is 0. The molecule has 2 unspecified atom stereocenters. The summed E-state index contributed by atoms with van der Waals surface area (Å²) in [6.45, 7) is 0.971. The van der Waals surface area contributed by atoms with E-state index in [1.165, 1.54) is 6.92 Å². The number of nitrogens with two attached hydrogens (primary N) is 1. The summed E-state index contributed by atoms with van der Waals surface area (Å²) in [6.07, 6.45) is -0.795. The number of carboxylic acid groups (broad SMARTS) is 2. The monoisotopic (exact) mass is 192 g/mol. The molecule has 76 valence electrons. The van der Waals surface area contributed by atoms with Gasteiger partial charge in [-0.3, -0.25) is 19.7 Å². The molecule has 0 radical (unpaired) electrons. The molecule has 0 spiro atoms. The van der Waals surface area contributed by atoms with Crippen LogP contribution in [0.2, 0.25) is 0 Å². The van der Waals surface area contributed by atoms with Gasteiger partial charge in [0.2, 0.25) is 0 Å². The normalized spacial score (nSPS) is 14.9. The maximum absolute atomic E-state index is 10.5. The van der Waals surface area contributed by atoms with Gasteiger partial charge in [-0.25, -0.2) is 5.90 Å². The fourth-order valence-corrected chi connectivity index (χ4v) is 0.730. The van der Waals surface area contributed by atoms with Crippen molar-refractivity contribution in [3.63, 3.8) is 0 Å². The quantitative estimate of drug-likeness (QED) is 0.373. The number of carboxylic acids is 2. The van der Waals surface area contributed by atoms with Gasteiger partial charge in [0, 0.05) is 0 Å². The van der Waals surface area contributed by atoms with Crippen LogP contribution >= 0.6 is 0 Å². The highest BCUT2D eigenvalue weighted by molar-refractivity contribution is 5.76. The van der Waals surface area contributed by atoms with Crippen LogP contribution in [0.3, 0.4) is 0 Å². The first kappa shape index (κ1) is 11.8. The van der Waals surface area contributed by atoms with Gasteiger partial charge in [0.1, 0.15) is 12.1 Å². The molecule has 13 heavy (non-hydrogen) atoms. The topological polar surface area (TPSA) is 122 Å². The van der Waals surface area contributed by atoms with Crippen molar-refractivity contribution in [1.82, 2.24) is 5.32 Å². The van der Waals surface area contributed by atoms with Gasteiger partial charge in [-0.1, -0.05) is 0 Å². The Labute approximate surface area is 74.4 Å². The van der Waals surface area contributed by atoms with Crippen LogP contribution in [-0.4, -0.2) is 40.8 Å². The molecular formula is C6H12N2O5. The number of aliphatic carboxylic acids is 2. The first-order chi connectivity index (χ1) is 5.99. The molecule has 0 aliphatic heterocycles. The van der Waals surface area contributed by atoms with E-state index < -0.39 is 30.6 Å². The number of hydrogen-bond donors (Lipinski definition) is 4. The predicted molar refractivity (Wildman–Crippen MR) is 41.8 cm³/mol. The van der Waals surface area contributed by atoms with Gasteiger partial charge in [-0.2, -0.15) is 0 Å². The van der Waals surface area contributed by atoms with E-state index in [2.05, 4.69) is 10.2 Å². The van der Waals surface area contributed by atoms with Crippen molar-refractivity contribution in [2.45, 2.75) is 19.1 Å². The summed E-state index contributed by atoms with van der Waals surface area (Å²) in [4.78, 5) is 24.9. The van der Waals surface area contributed by atoms with Crippen molar-refractivity contribution in [2.24, 2.45) is 5.90 Å². The zero-order valence-electron chi connectivity index (χ0n) is 7.06. The summed E-state index contributed by atoms with van der Waals surface area (Å²) in [5.74, 6) is 2.41. The Morgan fingerprint density at radius 2 is 2.08 bits per heavy atom.